The maximum atomic E-state index is 11.1. The summed E-state index contributed by atoms with van der Waals surface area (Å²) in [5.41, 5.74) is 5.07. The molecule has 0 unspecified atom stereocenters. The van der Waals surface area contributed by atoms with Crippen LogP contribution in [0.3, 0.4) is 0 Å². The van der Waals surface area contributed by atoms with Gasteiger partial charge in [-0.25, -0.2) is 4.79 Å². The number of benzene rings is 1. The number of aliphatic carboxylic acids is 1. The van der Waals surface area contributed by atoms with Gasteiger partial charge in [-0.2, -0.15) is 0 Å². The van der Waals surface area contributed by atoms with Crippen molar-refractivity contribution < 1.29 is 9.90 Å². The van der Waals surface area contributed by atoms with Crippen molar-refractivity contribution in [2.75, 3.05) is 0 Å². The zero-order valence-corrected chi connectivity index (χ0v) is 11.4. The van der Waals surface area contributed by atoms with Crippen molar-refractivity contribution in [1.29, 1.82) is 0 Å². The standard InChI is InChI=1S/C15H17ClO2/c1-3-4-5-13(15(17)18)10-11(2)12-6-8-14(16)9-7-12/h6-9H,3-5H2,1-2H3,(H,17,18). The molecule has 0 heterocycles. The first-order valence-corrected chi connectivity index (χ1v) is 6.38. The number of carbonyl (C=O) groups is 1. The monoisotopic (exact) mass is 264 g/mol. The van der Waals surface area contributed by atoms with Gasteiger partial charge in [0.2, 0.25) is 0 Å². The summed E-state index contributed by atoms with van der Waals surface area (Å²) in [4.78, 5) is 11.1. The predicted molar refractivity (Wildman–Crippen MR) is 74.7 cm³/mol. The minimum Gasteiger partial charge on any atom is -0.477 e. The second kappa shape index (κ2) is 7.05. The average Bonchev–Trinajstić information content (AvgIpc) is 2.34. The van der Waals surface area contributed by atoms with Crippen LogP contribution in [-0.2, 0) is 4.79 Å². The second-order valence-corrected chi connectivity index (χ2v) is 4.58. The molecule has 96 valence electrons. The lowest BCUT2D eigenvalue weighted by molar-refractivity contribution is -0.132. The van der Waals surface area contributed by atoms with Gasteiger partial charge in [-0.15, -0.1) is 5.73 Å². The van der Waals surface area contributed by atoms with Crippen LogP contribution in [0.1, 0.15) is 38.7 Å². The Balaban J connectivity index is 3.08. The fraction of sp³-hybridized carbons (Fsp3) is 0.333. The first-order valence-electron chi connectivity index (χ1n) is 6.00. The van der Waals surface area contributed by atoms with E-state index in [-0.39, 0.29) is 0 Å². The molecule has 0 atom stereocenters. The Hall–Kier alpha value is -1.50. The lowest BCUT2D eigenvalue weighted by atomic mass is 10.0. The van der Waals surface area contributed by atoms with Crippen LogP contribution in [0.25, 0.3) is 5.57 Å². The third-order valence-electron chi connectivity index (χ3n) is 2.65. The van der Waals surface area contributed by atoms with E-state index in [4.69, 9.17) is 16.7 Å². The average molecular weight is 265 g/mol. The number of hydrogen-bond acceptors (Lipinski definition) is 1. The van der Waals surface area contributed by atoms with E-state index in [0.717, 1.165) is 24.0 Å². The third kappa shape index (κ3) is 4.40. The van der Waals surface area contributed by atoms with Crippen LogP contribution in [0.2, 0.25) is 5.02 Å². The lowest BCUT2D eigenvalue weighted by Gasteiger charge is -2.01. The zero-order chi connectivity index (χ0) is 13.5. The predicted octanol–water partition coefficient (Wildman–Crippen LogP) is 4.54. The molecule has 0 amide bonds. The summed E-state index contributed by atoms with van der Waals surface area (Å²) < 4.78 is 0. The van der Waals surface area contributed by atoms with Gasteiger partial charge in [0.25, 0.3) is 0 Å². The Bertz CT molecular complexity index is 480. The molecule has 0 radical (unpaired) electrons. The molecule has 0 aromatic heterocycles. The minimum atomic E-state index is -0.892. The molecule has 1 aromatic carbocycles. The van der Waals surface area contributed by atoms with E-state index in [1.165, 1.54) is 0 Å². The van der Waals surface area contributed by atoms with E-state index < -0.39 is 5.97 Å². The fourth-order valence-electron chi connectivity index (χ4n) is 1.57. The van der Waals surface area contributed by atoms with Gasteiger partial charge < -0.3 is 5.11 Å². The molecule has 1 N–H and O–H groups in total. The molecular formula is C15H17ClO2. The molecule has 3 heteroatoms. The van der Waals surface area contributed by atoms with Gasteiger partial charge in [0.15, 0.2) is 0 Å². The van der Waals surface area contributed by atoms with Crippen LogP contribution in [0.4, 0.5) is 0 Å². The minimum absolute atomic E-state index is 0.337. The molecule has 0 aliphatic carbocycles. The van der Waals surface area contributed by atoms with Gasteiger partial charge in [0, 0.05) is 5.02 Å². The van der Waals surface area contributed by atoms with Crippen LogP contribution >= 0.6 is 11.6 Å². The van der Waals surface area contributed by atoms with Crippen molar-refractivity contribution in [3.8, 4) is 0 Å². The van der Waals surface area contributed by atoms with Gasteiger partial charge in [-0.3, -0.25) is 0 Å². The van der Waals surface area contributed by atoms with Crippen LogP contribution in [0, 0.1) is 0 Å². The number of rotatable bonds is 5. The molecular weight excluding hydrogens is 248 g/mol. The topological polar surface area (TPSA) is 37.3 Å². The highest BCUT2D eigenvalue weighted by molar-refractivity contribution is 6.30. The molecule has 0 bridgehead atoms. The normalized spacial score (nSPS) is 9.72. The Morgan fingerprint density at radius 1 is 1.33 bits per heavy atom. The number of hydrogen-bond donors (Lipinski definition) is 1. The van der Waals surface area contributed by atoms with Crippen LogP contribution < -0.4 is 0 Å². The molecule has 0 fully saturated rings. The number of carboxylic acids is 1. The highest BCUT2D eigenvalue weighted by Gasteiger charge is 2.06. The summed E-state index contributed by atoms with van der Waals surface area (Å²) in [6.07, 6.45) is 2.39. The smallest absolute Gasteiger partial charge is 0.339 e. The maximum Gasteiger partial charge on any atom is 0.339 e. The van der Waals surface area contributed by atoms with Crippen molar-refractivity contribution in [3.05, 3.63) is 46.2 Å². The summed E-state index contributed by atoms with van der Waals surface area (Å²) in [6.45, 7) is 3.90. The molecule has 0 aliphatic rings. The van der Waals surface area contributed by atoms with E-state index in [1.54, 1.807) is 12.1 Å². The van der Waals surface area contributed by atoms with Crippen molar-refractivity contribution >= 4 is 23.1 Å². The van der Waals surface area contributed by atoms with Crippen LogP contribution in [0.5, 0.6) is 0 Å². The van der Waals surface area contributed by atoms with E-state index in [9.17, 15) is 4.79 Å². The van der Waals surface area contributed by atoms with E-state index in [2.05, 4.69) is 5.73 Å². The molecule has 0 saturated carbocycles. The summed E-state index contributed by atoms with van der Waals surface area (Å²) in [5, 5.41) is 9.77. The van der Waals surface area contributed by atoms with E-state index in [1.807, 2.05) is 26.0 Å². The second-order valence-electron chi connectivity index (χ2n) is 4.14. The quantitative estimate of drug-likeness (QED) is 0.626. The van der Waals surface area contributed by atoms with E-state index in [0.29, 0.717) is 17.0 Å². The van der Waals surface area contributed by atoms with E-state index >= 15 is 0 Å². The zero-order valence-electron chi connectivity index (χ0n) is 10.7. The Morgan fingerprint density at radius 3 is 2.44 bits per heavy atom. The Morgan fingerprint density at radius 2 is 1.94 bits per heavy atom. The van der Waals surface area contributed by atoms with Crippen molar-refractivity contribution in [2.45, 2.75) is 33.1 Å². The highest BCUT2D eigenvalue weighted by Crippen LogP contribution is 2.17. The Labute approximate surface area is 113 Å². The molecule has 2 nitrogen and oxygen atoms in total. The maximum absolute atomic E-state index is 11.1. The number of halogens is 1. The first kappa shape index (κ1) is 14.6. The van der Waals surface area contributed by atoms with Gasteiger partial charge in [-0.05, 0) is 43.0 Å². The van der Waals surface area contributed by atoms with Crippen molar-refractivity contribution in [1.82, 2.24) is 0 Å². The largest absolute Gasteiger partial charge is 0.477 e. The van der Waals surface area contributed by atoms with Crippen molar-refractivity contribution in [3.63, 3.8) is 0 Å². The molecule has 1 rings (SSSR count). The summed E-state index contributed by atoms with van der Waals surface area (Å²) >= 11 is 5.81. The summed E-state index contributed by atoms with van der Waals surface area (Å²) in [7, 11) is 0. The van der Waals surface area contributed by atoms with Crippen molar-refractivity contribution in [2.24, 2.45) is 0 Å². The van der Waals surface area contributed by atoms with Gasteiger partial charge in [-0.1, -0.05) is 37.1 Å². The third-order valence-corrected chi connectivity index (χ3v) is 2.91. The molecule has 0 saturated heterocycles. The molecule has 0 aliphatic heterocycles. The molecule has 0 spiro atoms. The van der Waals surface area contributed by atoms with Crippen LogP contribution in [0.15, 0.2) is 35.6 Å². The number of carboxylic acid groups (broad SMARTS) is 1. The summed E-state index contributed by atoms with van der Waals surface area (Å²) in [6, 6.07) is 7.30. The lowest BCUT2D eigenvalue weighted by Crippen LogP contribution is -1.99. The van der Waals surface area contributed by atoms with Gasteiger partial charge >= 0.3 is 5.97 Å². The molecule has 1 aromatic rings. The van der Waals surface area contributed by atoms with Gasteiger partial charge in [0.1, 0.15) is 0 Å². The number of unbranched alkanes of at least 4 members (excludes halogenated alkanes) is 1. The Kier molecular flexibility index (Phi) is 5.70. The molecule has 18 heavy (non-hydrogen) atoms. The fourth-order valence-corrected chi connectivity index (χ4v) is 1.70. The highest BCUT2D eigenvalue weighted by atomic mass is 35.5. The SMILES string of the molecule is CCCCC(=C=C(C)c1ccc(Cl)cc1)C(=O)O. The van der Waals surface area contributed by atoms with Gasteiger partial charge in [0.05, 0.1) is 5.57 Å². The summed E-state index contributed by atoms with van der Waals surface area (Å²) in [5.74, 6) is -0.892. The van der Waals surface area contributed by atoms with Crippen LogP contribution in [-0.4, -0.2) is 11.1 Å². The first-order chi connectivity index (χ1) is 8.54.